The zero-order valence-electron chi connectivity index (χ0n) is 10.6. The molecule has 2 heterocycles. The lowest BCUT2D eigenvalue weighted by molar-refractivity contribution is 1.12. The van der Waals surface area contributed by atoms with Crippen LogP contribution in [0.4, 0.5) is 0 Å². The number of nitrogens with one attached hydrogen (secondary N) is 2. The molecule has 0 unspecified atom stereocenters. The number of hydrogen-bond donors (Lipinski definition) is 2. The predicted octanol–water partition coefficient (Wildman–Crippen LogP) is 2.49. The summed E-state index contributed by atoms with van der Waals surface area (Å²) in [5.41, 5.74) is 1.62. The molecule has 0 saturated heterocycles. The molecule has 2 aromatic carbocycles. The summed E-state index contributed by atoms with van der Waals surface area (Å²) in [6, 6.07) is 15.5. The Morgan fingerprint density at radius 1 is 0.800 bits per heavy atom. The normalized spacial score (nSPS) is 10.2. The van der Waals surface area contributed by atoms with E-state index < -0.39 is 0 Å². The van der Waals surface area contributed by atoms with Crippen molar-refractivity contribution in [1.82, 2.24) is 20.2 Å². The fourth-order valence-corrected chi connectivity index (χ4v) is 1.88. The number of aromatic amines is 2. The van der Waals surface area contributed by atoms with Crippen molar-refractivity contribution in [2.24, 2.45) is 0 Å². The first kappa shape index (κ1) is 12.1. The fourth-order valence-electron chi connectivity index (χ4n) is 1.88. The number of nitrogens with zero attached hydrogens (tertiary/aromatic N) is 2. The summed E-state index contributed by atoms with van der Waals surface area (Å²) in [4.78, 5) is 16.9. The summed E-state index contributed by atoms with van der Waals surface area (Å²) in [5, 5.41) is 8.86. The highest BCUT2D eigenvalue weighted by Gasteiger charge is 1.90. The standard InChI is InChI=1S/C8H6N2O.C7H6N2/c11-8-9-5-6-3-1-2-4-7(6)10-8;1-2-4-7-6(3-1)5-8-9-7/h1-5H,(H,9,10,11);1-5H,(H,8,9). The molecule has 5 heteroatoms. The summed E-state index contributed by atoms with van der Waals surface area (Å²) in [6.45, 7) is 0. The molecule has 4 rings (SSSR count). The summed E-state index contributed by atoms with van der Waals surface area (Å²) in [6.07, 6.45) is 3.38. The molecule has 0 saturated carbocycles. The largest absolute Gasteiger partial charge is 0.345 e. The van der Waals surface area contributed by atoms with E-state index >= 15 is 0 Å². The molecule has 0 amide bonds. The summed E-state index contributed by atoms with van der Waals surface area (Å²) in [7, 11) is 0. The third kappa shape index (κ3) is 2.56. The molecular formula is C15H12N4O. The van der Waals surface area contributed by atoms with Gasteiger partial charge in [-0.2, -0.15) is 5.10 Å². The number of para-hydroxylation sites is 2. The van der Waals surface area contributed by atoms with Crippen LogP contribution in [0.1, 0.15) is 0 Å². The molecule has 0 fully saturated rings. The van der Waals surface area contributed by atoms with Crippen LogP contribution in [0.2, 0.25) is 0 Å². The minimum Gasteiger partial charge on any atom is -0.305 e. The summed E-state index contributed by atoms with van der Waals surface area (Å²) < 4.78 is 0. The molecular weight excluding hydrogens is 252 g/mol. The van der Waals surface area contributed by atoms with Crippen LogP contribution in [-0.4, -0.2) is 20.2 Å². The van der Waals surface area contributed by atoms with Gasteiger partial charge in [-0.3, -0.25) is 5.10 Å². The number of benzene rings is 2. The summed E-state index contributed by atoms with van der Waals surface area (Å²) >= 11 is 0. The van der Waals surface area contributed by atoms with Crippen LogP contribution < -0.4 is 5.69 Å². The molecule has 0 aliphatic carbocycles. The molecule has 0 radical (unpaired) electrons. The Morgan fingerprint density at radius 3 is 2.20 bits per heavy atom. The molecule has 0 atom stereocenters. The highest BCUT2D eigenvalue weighted by molar-refractivity contribution is 5.77. The maximum Gasteiger partial charge on any atom is 0.345 e. The van der Waals surface area contributed by atoms with Gasteiger partial charge in [0.1, 0.15) is 0 Å². The van der Waals surface area contributed by atoms with E-state index in [4.69, 9.17) is 0 Å². The molecule has 20 heavy (non-hydrogen) atoms. The van der Waals surface area contributed by atoms with Crippen molar-refractivity contribution < 1.29 is 0 Å². The quantitative estimate of drug-likeness (QED) is 0.512. The lowest BCUT2D eigenvalue weighted by Crippen LogP contribution is -2.07. The molecule has 2 N–H and O–H groups in total. The van der Waals surface area contributed by atoms with E-state index in [9.17, 15) is 4.79 Å². The van der Waals surface area contributed by atoms with Crippen LogP contribution in [0.3, 0.4) is 0 Å². The van der Waals surface area contributed by atoms with Crippen molar-refractivity contribution in [1.29, 1.82) is 0 Å². The van der Waals surface area contributed by atoms with Crippen LogP contribution in [0.5, 0.6) is 0 Å². The number of aromatic nitrogens is 4. The van der Waals surface area contributed by atoms with Gasteiger partial charge < -0.3 is 4.98 Å². The third-order valence-electron chi connectivity index (χ3n) is 2.87. The van der Waals surface area contributed by atoms with Gasteiger partial charge in [0.15, 0.2) is 0 Å². The molecule has 0 bridgehead atoms. The molecule has 0 aliphatic rings. The van der Waals surface area contributed by atoms with Crippen molar-refractivity contribution >= 4 is 21.8 Å². The van der Waals surface area contributed by atoms with E-state index in [-0.39, 0.29) is 5.69 Å². The van der Waals surface area contributed by atoms with E-state index in [0.29, 0.717) is 0 Å². The smallest absolute Gasteiger partial charge is 0.305 e. The second-order valence-corrected chi connectivity index (χ2v) is 4.23. The molecule has 2 aromatic heterocycles. The van der Waals surface area contributed by atoms with E-state index in [1.165, 1.54) is 0 Å². The second kappa shape index (κ2) is 5.36. The molecule has 0 spiro atoms. The van der Waals surface area contributed by atoms with Crippen LogP contribution in [0, 0.1) is 0 Å². The van der Waals surface area contributed by atoms with Gasteiger partial charge in [-0.15, -0.1) is 0 Å². The van der Waals surface area contributed by atoms with Gasteiger partial charge in [-0.05, 0) is 12.1 Å². The maximum absolute atomic E-state index is 10.7. The molecule has 4 aromatic rings. The zero-order valence-corrected chi connectivity index (χ0v) is 10.6. The topological polar surface area (TPSA) is 74.4 Å². The fraction of sp³-hybridized carbons (Fsp3) is 0. The average Bonchev–Trinajstić information content (AvgIpc) is 2.96. The monoisotopic (exact) mass is 264 g/mol. The van der Waals surface area contributed by atoms with E-state index in [1.807, 2.05) is 54.7 Å². The Hall–Kier alpha value is -2.95. The average molecular weight is 264 g/mol. The number of H-pyrrole nitrogens is 2. The number of fused-ring (bicyclic) bond motifs is 2. The highest BCUT2D eigenvalue weighted by Crippen LogP contribution is 2.07. The molecule has 0 aliphatic heterocycles. The lowest BCUT2D eigenvalue weighted by Gasteiger charge is -1.92. The number of rotatable bonds is 0. The SMILES string of the molecule is O=c1ncc2ccccc2[nH]1.c1ccc2[nH]ncc2c1. The van der Waals surface area contributed by atoms with E-state index in [0.717, 1.165) is 21.8 Å². The van der Waals surface area contributed by atoms with Gasteiger partial charge in [0.2, 0.25) is 0 Å². The third-order valence-corrected chi connectivity index (χ3v) is 2.87. The second-order valence-electron chi connectivity index (χ2n) is 4.23. The lowest BCUT2D eigenvalue weighted by atomic mass is 10.2. The number of hydrogen-bond acceptors (Lipinski definition) is 3. The first-order chi connectivity index (χ1) is 9.83. The summed E-state index contributed by atoms with van der Waals surface area (Å²) in [5.74, 6) is 0. The Kier molecular flexibility index (Phi) is 3.24. The Morgan fingerprint density at radius 2 is 1.45 bits per heavy atom. The van der Waals surface area contributed by atoms with Gasteiger partial charge >= 0.3 is 5.69 Å². The maximum atomic E-state index is 10.7. The molecule has 98 valence electrons. The van der Waals surface area contributed by atoms with Crippen LogP contribution in [-0.2, 0) is 0 Å². The van der Waals surface area contributed by atoms with Crippen molar-refractivity contribution in [2.45, 2.75) is 0 Å². The van der Waals surface area contributed by atoms with Crippen molar-refractivity contribution in [3.63, 3.8) is 0 Å². The van der Waals surface area contributed by atoms with Gasteiger partial charge in [0, 0.05) is 17.0 Å². The van der Waals surface area contributed by atoms with E-state index in [2.05, 4.69) is 20.2 Å². The predicted molar refractivity (Wildman–Crippen MR) is 78.5 cm³/mol. The van der Waals surface area contributed by atoms with Crippen LogP contribution >= 0.6 is 0 Å². The van der Waals surface area contributed by atoms with Gasteiger partial charge in [0.25, 0.3) is 0 Å². The first-order valence-electron chi connectivity index (χ1n) is 6.15. The van der Waals surface area contributed by atoms with E-state index in [1.54, 1.807) is 6.20 Å². The van der Waals surface area contributed by atoms with Gasteiger partial charge in [-0.25, -0.2) is 9.78 Å². The Labute approximate surface area is 114 Å². The minimum atomic E-state index is -0.302. The van der Waals surface area contributed by atoms with Crippen LogP contribution in [0.25, 0.3) is 21.8 Å². The Bertz CT molecular complexity index is 864. The zero-order chi connectivity index (χ0) is 13.8. The Balaban J connectivity index is 0.000000123. The van der Waals surface area contributed by atoms with Crippen molar-refractivity contribution in [3.8, 4) is 0 Å². The minimum absolute atomic E-state index is 0.302. The molecule has 5 nitrogen and oxygen atoms in total. The first-order valence-corrected chi connectivity index (χ1v) is 6.15. The van der Waals surface area contributed by atoms with Gasteiger partial charge in [-0.1, -0.05) is 36.4 Å². The van der Waals surface area contributed by atoms with Crippen molar-refractivity contribution in [3.05, 3.63) is 71.4 Å². The highest BCUT2D eigenvalue weighted by atomic mass is 16.1. The van der Waals surface area contributed by atoms with Crippen LogP contribution in [0.15, 0.2) is 65.7 Å². The van der Waals surface area contributed by atoms with Gasteiger partial charge in [0.05, 0.1) is 17.2 Å². The van der Waals surface area contributed by atoms with Crippen molar-refractivity contribution in [2.75, 3.05) is 0 Å².